The van der Waals surface area contributed by atoms with Crippen LogP contribution < -0.4 is 4.72 Å². The van der Waals surface area contributed by atoms with Gasteiger partial charge in [-0.25, -0.2) is 13.1 Å². The van der Waals surface area contributed by atoms with Gasteiger partial charge in [-0.3, -0.25) is 4.79 Å². The smallest absolute Gasteiger partial charge is 0.310 e. The minimum atomic E-state index is -3.59. The van der Waals surface area contributed by atoms with Gasteiger partial charge in [-0.1, -0.05) is 31.7 Å². The Labute approximate surface area is 123 Å². The maximum atomic E-state index is 12.1. The van der Waals surface area contributed by atoms with Gasteiger partial charge < -0.3 is 5.11 Å². The van der Waals surface area contributed by atoms with Crippen molar-refractivity contribution >= 4 is 27.3 Å². The summed E-state index contributed by atoms with van der Waals surface area (Å²) < 4.78 is 26.9. The van der Waals surface area contributed by atoms with Crippen LogP contribution in [0.2, 0.25) is 0 Å². The third kappa shape index (κ3) is 3.39. The molecule has 112 valence electrons. The van der Waals surface area contributed by atoms with Crippen molar-refractivity contribution < 1.29 is 18.3 Å². The van der Waals surface area contributed by atoms with E-state index in [0.717, 1.165) is 37.0 Å². The third-order valence-electron chi connectivity index (χ3n) is 3.87. The molecule has 1 aromatic heterocycles. The van der Waals surface area contributed by atoms with E-state index in [1.54, 1.807) is 11.4 Å². The molecule has 1 saturated carbocycles. The number of carboxylic acids is 1. The van der Waals surface area contributed by atoms with E-state index in [0.29, 0.717) is 12.8 Å². The molecule has 0 bridgehead atoms. The van der Waals surface area contributed by atoms with E-state index in [2.05, 4.69) is 4.72 Å². The number of thiophene rings is 1. The van der Waals surface area contributed by atoms with Gasteiger partial charge in [-0.2, -0.15) is 0 Å². The number of sulfonamides is 1. The highest BCUT2D eigenvalue weighted by molar-refractivity contribution is 7.91. The molecule has 20 heavy (non-hydrogen) atoms. The van der Waals surface area contributed by atoms with Crippen molar-refractivity contribution in [2.75, 3.05) is 6.54 Å². The Morgan fingerprint density at radius 3 is 2.45 bits per heavy atom. The Kier molecular flexibility index (Phi) is 4.82. The molecule has 0 aromatic carbocycles. The van der Waals surface area contributed by atoms with Crippen LogP contribution in [0.4, 0.5) is 0 Å². The van der Waals surface area contributed by atoms with E-state index in [1.807, 2.05) is 0 Å². The summed E-state index contributed by atoms with van der Waals surface area (Å²) in [6.45, 7) is -0.0252. The van der Waals surface area contributed by atoms with Crippen LogP contribution in [0.15, 0.2) is 21.7 Å². The maximum Gasteiger partial charge on any atom is 0.310 e. The number of hydrogen-bond acceptors (Lipinski definition) is 4. The lowest BCUT2D eigenvalue weighted by atomic mass is 9.80. The topological polar surface area (TPSA) is 83.5 Å². The second kappa shape index (κ2) is 6.24. The average Bonchev–Trinajstić information content (AvgIpc) is 2.83. The lowest BCUT2D eigenvalue weighted by molar-refractivity contribution is -0.149. The summed E-state index contributed by atoms with van der Waals surface area (Å²) in [5.41, 5.74) is -0.958. The van der Waals surface area contributed by atoms with Crippen molar-refractivity contribution in [2.45, 2.75) is 42.7 Å². The van der Waals surface area contributed by atoms with Gasteiger partial charge >= 0.3 is 5.97 Å². The summed E-state index contributed by atoms with van der Waals surface area (Å²) >= 11 is 1.13. The first-order valence-corrected chi connectivity index (χ1v) is 9.09. The van der Waals surface area contributed by atoms with Gasteiger partial charge in [0.2, 0.25) is 10.0 Å². The molecule has 1 aliphatic rings. The largest absolute Gasteiger partial charge is 0.481 e. The number of nitrogens with one attached hydrogen (secondary N) is 1. The minimum absolute atomic E-state index is 0.0252. The molecule has 1 aliphatic carbocycles. The highest BCUT2D eigenvalue weighted by atomic mass is 32.2. The van der Waals surface area contributed by atoms with E-state index in [9.17, 15) is 18.3 Å². The highest BCUT2D eigenvalue weighted by Crippen LogP contribution is 2.35. The van der Waals surface area contributed by atoms with Crippen LogP contribution in [0.1, 0.15) is 38.5 Å². The summed E-state index contributed by atoms with van der Waals surface area (Å²) in [6.07, 6.45) is 4.80. The van der Waals surface area contributed by atoms with Crippen LogP contribution in [0.5, 0.6) is 0 Å². The van der Waals surface area contributed by atoms with Gasteiger partial charge in [0.15, 0.2) is 0 Å². The van der Waals surface area contributed by atoms with E-state index >= 15 is 0 Å². The molecular weight excluding hydrogens is 298 g/mol. The molecule has 1 aromatic rings. The standard InChI is InChI=1S/C13H19NO4S2/c15-12(16)13(7-3-1-2-4-8-13)10-14-20(17,18)11-6-5-9-19-11/h5-6,9,14H,1-4,7-8,10H2,(H,15,16). The molecule has 1 heterocycles. The number of rotatable bonds is 5. The summed E-state index contributed by atoms with van der Waals surface area (Å²) in [4.78, 5) is 11.6. The quantitative estimate of drug-likeness (QED) is 0.817. The average molecular weight is 317 g/mol. The molecule has 7 heteroatoms. The fourth-order valence-electron chi connectivity index (χ4n) is 2.59. The third-order valence-corrected chi connectivity index (χ3v) is 6.67. The van der Waals surface area contributed by atoms with Gasteiger partial charge in [0, 0.05) is 6.54 Å². The van der Waals surface area contributed by atoms with Crippen molar-refractivity contribution in [3.8, 4) is 0 Å². The number of hydrogen-bond donors (Lipinski definition) is 2. The highest BCUT2D eigenvalue weighted by Gasteiger charge is 2.39. The Morgan fingerprint density at radius 1 is 1.30 bits per heavy atom. The van der Waals surface area contributed by atoms with Gasteiger partial charge in [-0.15, -0.1) is 11.3 Å². The fourth-order valence-corrected chi connectivity index (χ4v) is 4.76. The first kappa shape index (κ1) is 15.5. The second-order valence-corrected chi connectivity index (χ2v) is 8.20. The summed E-state index contributed by atoms with van der Waals surface area (Å²) in [6, 6.07) is 3.19. The molecule has 0 radical (unpaired) electrons. The van der Waals surface area contributed by atoms with Crippen LogP contribution in [-0.4, -0.2) is 26.0 Å². The monoisotopic (exact) mass is 317 g/mol. The summed E-state index contributed by atoms with van der Waals surface area (Å²) in [5, 5.41) is 11.2. The molecule has 0 saturated heterocycles. The molecule has 1 fully saturated rings. The van der Waals surface area contributed by atoms with E-state index in [1.165, 1.54) is 6.07 Å². The molecule has 2 rings (SSSR count). The summed E-state index contributed by atoms with van der Waals surface area (Å²) in [7, 11) is -3.59. The fraction of sp³-hybridized carbons (Fsp3) is 0.615. The zero-order valence-corrected chi connectivity index (χ0v) is 12.8. The normalized spacial score (nSPS) is 19.4. The number of carboxylic acid groups (broad SMARTS) is 1. The van der Waals surface area contributed by atoms with Gasteiger partial charge in [-0.05, 0) is 24.3 Å². The zero-order valence-electron chi connectivity index (χ0n) is 11.2. The zero-order chi connectivity index (χ0) is 14.6. The SMILES string of the molecule is O=C(O)C1(CNS(=O)(=O)c2cccs2)CCCCCC1. The van der Waals surface area contributed by atoms with E-state index < -0.39 is 21.4 Å². The van der Waals surface area contributed by atoms with Gasteiger partial charge in [0.05, 0.1) is 5.41 Å². The van der Waals surface area contributed by atoms with Crippen molar-refractivity contribution in [1.29, 1.82) is 0 Å². The van der Waals surface area contributed by atoms with Crippen LogP contribution >= 0.6 is 11.3 Å². The Bertz CT molecular complexity index is 543. The predicted molar refractivity (Wildman–Crippen MR) is 77.3 cm³/mol. The van der Waals surface area contributed by atoms with Crippen LogP contribution in [0.3, 0.4) is 0 Å². The Balaban J connectivity index is 2.11. The molecule has 5 nitrogen and oxygen atoms in total. The van der Waals surface area contributed by atoms with Crippen LogP contribution in [0.25, 0.3) is 0 Å². The van der Waals surface area contributed by atoms with E-state index in [4.69, 9.17) is 0 Å². The maximum absolute atomic E-state index is 12.1. The first-order valence-electron chi connectivity index (χ1n) is 6.73. The van der Waals surface area contributed by atoms with Crippen molar-refractivity contribution in [2.24, 2.45) is 5.41 Å². The lowest BCUT2D eigenvalue weighted by Gasteiger charge is -2.27. The summed E-state index contributed by atoms with van der Waals surface area (Å²) in [5.74, 6) is -0.895. The Morgan fingerprint density at radius 2 is 1.95 bits per heavy atom. The molecule has 0 amide bonds. The van der Waals surface area contributed by atoms with Crippen molar-refractivity contribution in [1.82, 2.24) is 4.72 Å². The Hall–Kier alpha value is -0.920. The molecule has 0 unspecified atom stereocenters. The lowest BCUT2D eigenvalue weighted by Crippen LogP contribution is -2.42. The second-order valence-electron chi connectivity index (χ2n) is 5.26. The number of aliphatic carboxylic acids is 1. The van der Waals surface area contributed by atoms with Crippen molar-refractivity contribution in [3.05, 3.63) is 17.5 Å². The predicted octanol–water partition coefficient (Wildman–Crippen LogP) is 2.45. The molecule has 0 aliphatic heterocycles. The molecule has 0 atom stereocenters. The molecule has 0 spiro atoms. The van der Waals surface area contributed by atoms with Crippen LogP contribution in [-0.2, 0) is 14.8 Å². The minimum Gasteiger partial charge on any atom is -0.481 e. The van der Waals surface area contributed by atoms with Gasteiger partial charge in [0.1, 0.15) is 4.21 Å². The van der Waals surface area contributed by atoms with Crippen LogP contribution in [0, 0.1) is 5.41 Å². The number of carbonyl (C=O) groups is 1. The van der Waals surface area contributed by atoms with E-state index in [-0.39, 0.29) is 10.8 Å². The van der Waals surface area contributed by atoms with Gasteiger partial charge in [0.25, 0.3) is 0 Å². The molecular formula is C13H19NO4S2. The molecule has 2 N–H and O–H groups in total. The van der Waals surface area contributed by atoms with Crippen molar-refractivity contribution in [3.63, 3.8) is 0 Å². The first-order chi connectivity index (χ1) is 9.46.